The molecule has 0 aliphatic carbocycles. The summed E-state index contributed by atoms with van der Waals surface area (Å²) < 4.78 is 4.84. The number of aromatic amines is 1. The average Bonchev–Trinajstić information content (AvgIpc) is 2.15. The lowest BCUT2D eigenvalue weighted by atomic mass is 10.2. The molecule has 0 aromatic carbocycles. The lowest BCUT2D eigenvalue weighted by molar-refractivity contribution is 0.408. The Labute approximate surface area is 76.7 Å². The van der Waals surface area contributed by atoms with Crippen LogP contribution in [0.2, 0.25) is 0 Å². The smallest absolute Gasteiger partial charge is 0.223 e. The highest BCUT2D eigenvalue weighted by molar-refractivity contribution is 5.20. The number of methoxy groups -OCH3 is 1. The summed E-state index contributed by atoms with van der Waals surface area (Å²) in [7, 11) is 1.48. The maximum atomic E-state index is 11.3. The summed E-state index contributed by atoms with van der Waals surface area (Å²) in [4.78, 5) is 14.2. The van der Waals surface area contributed by atoms with Gasteiger partial charge in [-0.25, -0.2) is 0 Å². The monoisotopic (exact) mass is 182 g/mol. The molecule has 0 amide bonds. The molecule has 0 radical (unpaired) electrons. The Balaban J connectivity index is 2.77. The normalized spacial score (nSPS) is 10.0. The minimum absolute atomic E-state index is 0.0896. The number of nitrogens with one attached hydrogen (secondary N) is 1. The van der Waals surface area contributed by atoms with Gasteiger partial charge in [-0.3, -0.25) is 4.79 Å². The Morgan fingerprint density at radius 2 is 2.38 bits per heavy atom. The Hall–Kier alpha value is -1.29. The summed E-state index contributed by atoms with van der Waals surface area (Å²) in [6.07, 6.45) is 3.26. The molecule has 0 aliphatic heterocycles. The van der Waals surface area contributed by atoms with Crippen LogP contribution in [0.1, 0.15) is 12.1 Å². The van der Waals surface area contributed by atoms with E-state index in [1.807, 2.05) is 0 Å². The molecule has 1 heterocycles. The molecule has 0 saturated carbocycles. The van der Waals surface area contributed by atoms with Crippen LogP contribution in [0.3, 0.4) is 0 Å². The minimum atomic E-state index is -0.0896. The number of rotatable bonds is 4. The number of pyridine rings is 1. The molecule has 0 atom stereocenters. The second kappa shape index (κ2) is 4.67. The molecule has 1 aromatic heterocycles. The summed E-state index contributed by atoms with van der Waals surface area (Å²) >= 11 is 0. The zero-order valence-electron chi connectivity index (χ0n) is 7.67. The second-order valence-corrected chi connectivity index (χ2v) is 2.78. The molecular formula is C9H14N2O2. The third-order valence-electron chi connectivity index (χ3n) is 1.81. The van der Waals surface area contributed by atoms with Crippen LogP contribution in [0.5, 0.6) is 5.75 Å². The van der Waals surface area contributed by atoms with Gasteiger partial charge in [-0.2, -0.15) is 0 Å². The van der Waals surface area contributed by atoms with Gasteiger partial charge in [0.15, 0.2) is 5.75 Å². The Morgan fingerprint density at radius 3 is 2.92 bits per heavy atom. The quantitative estimate of drug-likeness (QED) is 0.702. The van der Waals surface area contributed by atoms with Crippen LogP contribution in [0, 0.1) is 0 Å². The molecule has 1 aromatic rings. The van der Waals surface area contributed by atoms with E-state index in [9.17, 15) is 4.79 Å². The Bertz CT molecular complexity index is 320. The van der Waals surface area contributed by atoms with Crippen LogP contribution >= 0.6 is 0 Å². The lowest BCUT2D eigenvalue weighted by Gasteiger charge is -2.01. The standard InChI is InChI=1S/C9H14N2O2/c1-13-9-6-11-7(3-2-4-10)5-8(9)12/h5-6H,2-4,10H2,1H3,(H,11,12). The van der Waals surface area contributed by atoms with E-state index in [0.29, 0.717) is 12.3 Å². The molecule has 4 nitrogen and oxygen atoms in total. The zero-order chi connectivity index (χ0) is 9.68. The molecule has 0 unspecified atom stereocenters. The first-order valence-corrected chi connectivity index (χ1v) is 4.23. The number of nitrogens with two attached hydrogens (primary N) is 1. The molecule has 0 aliphatic rings. The first-order chi connectivity index (χ1) is 6.27. The van der Waals surface area contributed by atoms with Crippen molar-refractivity contribution < 1.29 is 4.74 Å². The number of aromatic nitrogens is 1. The van der Waals surface area contributed by atoms with Crippen LogP contribution in [0.15, 0.2) is 17.1 Å². The van der Waals surface area contributed by atoms with E-state index in [2.05, 4.69) is 4.98 Å². The van der Waals surface area contributed by atoms with Crippen LogP contribution in [-0.4, -0.2) is 18.6 Å². The number of ether oxygens (including phenoxy) is 1. The maximum Gasteiger partial charge on any atom is 0.223 e. The van der Waals surface area contributed by atoms with Gasteiger partial charge in [0.1, 0.15) is 0 Å². The van der Waals surface area contributed by atoms with Gasteiger partial charge in [-0.15, -0.1) is 0 Å². The lowest BCUT2D eigenvalue weighted by Crippen LogP contribution is -2.08. The molecule has 0 fully saturated rings. The molecule has 3 N–H and O–H groups in total. The summed E-state index contributed by atoms with van der Waals surface area (Å²) in [5, 5.41) is 0. The fourth-order valence-electron chi connectivity index (χ4n) is 1.10. The van der Waals surface area contributed by atoms with Crippen molar-refractivity contribution in [2.24, 2.45) is 5.73 Å². The molecule has 13 heavy (non-hydrogen) atoms. The van der Waals surface area contributed by atoms with E-state index >= 15 is 0 Å². The van der Waals surface area contributed by atoms with E-state index in [4.69, 9.17) is 10.5 Å². The SMILES string of the molecule is COc1c[nH]c(CCCN)cc1=O. The van der Waals surface area contributed by atoms with E-state index in [0.717, 1.165) is 18.5 Å². The highest BCUT2D eigenvalue weighted by atomic mass is 16.5. The van der Waals surface area contributed by atoms with Gasteiger partial charge in [-0.1, -0.05) is 0 Å². The fourth-order valence-corrected chi connectivity index (χ4v) is 1.10. The van der Waals surface area contributed by atoms with Gasteiger partial charge in [-0.05, 0) is 19.4 Å². The van der Waals surface area contributed by atoms with Crippen molar-refractivity contribution in [3.8, 4) is 5.75 Å². The van der Waals surface area contributed by atoms with Gasteiger partial charge in [0.25, 0.3) is 0 Å². The van der Waals surface area contributed by atoms with Gasteiger partial charge < -0.3 is 15.5 Å². The molecule has 0 saturated heterocycles. The average molecular weight is 182 g/mol. The molecule has 1 rings (SSSR count). The zero-order valence-corrected chi connectivity index (χ0v) is 7.67. The predicted molar refractivity (Wildman–Crippen MR) is 51.0 cm³/mol. The molecule has 0 bridgehead atoms. The first kappa shape index (κ1) is 9.80. The summed E-state index contributed by atoms with van der Waals surface area (Å²) in [5.74, 6) is 0.344. The van der Waals surface area contributed by atoms with Crippen LogP contribution in [0.4, 0.5) is 0 Å². The van der Waals surface area contributed by atoms with Crippen LogP contribution in [0.25, 0.3) is 0 Å². The van der Waals surface area contributed by atoms with Crippen molar-refractivity contribution >= 4 is 0 Å². The maximum absolute atomic E-state index is 11.3. The Morgan fingerprint density at radius 1 is 1.62 bits per heavy atom. The molecule has 72 valence electrons. The third kappa shape index (κ3) is 2.59. The van der Waals surface area contributed by atoms with E-state index in [1.165, 1.54) is 7.11 Å². The number of aryl methyl sites for hydroxylation is 1. The summed E-state index contributed by atoms with van der Waals surface area (Å²) in [6, 6.07) is 1.55. The predicted octanol–water partition coefficient (Wildman–Crippen LogP) is 0.275. The second-order valence-electron chi connectivity index (χ2n) is 2.78. The minimum Gasteiger partial charge on any atom is -0.491 e. The van der Waals surface area contributed by atoms with Crippen molar-refractivity contribution in [3.05, 3.63) is 28.2 Å². The Kier molecular flexibility index (Phi) is 3.52. The number of H-pyrrole nitrogens is 1. The van der Waals surface area contributed by atoms with Gasteiger partial charge in [0.05, 0.1) is 7.11 Å². The van der Waals surface area contributed by atoms with Crippen molar-refractivity contribution in [2.75, 3.05) is 13.7 Å². The van der Waals surface area contributed by atoms with Crippen molar-refractivity contribution in [1.82, 2.24) is 4.98 Å². The first-order valence-electron chi connectivity index (χ1n) is 4.23. The molecule has 4 heteroatoms. The molecular weight excluding hydrogens is 168 g/mol. The van der Waals surface area contributed by atoms with Crippen LogP contribution in [-0.2, 0) is 6.42 Å². The molecule has 0 spiro atoms. The topological polar surface area (TPSA) is 68.1 Å². The van der Waals surface area contributed by atoms with Crippen molar-refractivity contribution in [1.29, 1.82) is 0 Å². The van der Waals surface area contributed by atoms with E-state index < -0.39 is 0 Å². The summed E-state index contributed by atoms with van der Waals surface area (Å²) in [5.41, 5.74) is 6.16. The van der Waals surface area contributed by atoms with Gasteiger partial charge in [0, 0.05) is 18.0 Å². The third-order valence-corrected chi connectivity index (χ3v) is 1.81. The van der Waals surface area contributed by atoms with Crippen molar-refractivity contribution in [3.63, 3.8) is 0 Å². The number of hydrogen-bond acceptors (Lipinski definition) is 3. The summed E-state index contributed by atoms with van der Waals surface area (Å²) in [6.45, 7) is 0.633. The van der Waals surface area contributed by atoms with Crippen LogP contribution < -0.4 is 15.9 Å². The fraction of sp³-hybridized carbons (Fsp3) is 0.444. The number of hydrogen-bond donors (Lipinski definition) is 2. The highest BCUT2D eigenvalue weighted by Gasteiger charge is 1.99. The van der Waals surface area contributed by atoms with Gasteiger partial charge >= 0.3 is 0 Å². The van der Waals surface area contributed by atoms with E-state index in [1.54, 1.807) is 12.3 Å². The van der Waals surface area contributed by atoms with Gasteiger partial charge in [0.2, 0.25) is 5.43 Å². The highest BCUT2D eigenvalue weighted by Crippen LogP contribution is 2.02. The largest absolute Gasteiger partial charge is 0.491 e. The van der Waals surface area contributed by atoms with Crippen molar-refractivity contribution in [2.45, 2.75) is 12.8 Å². The van der Waals surface area contributed by atoms with E-state index in [-0.39, 0.29) is 5.43 Å².